The van der Waals surface area contributed by atoms with Crippen LogP contribution >= 0.6 is 0 Å². The predicted molar refractivity (Wildman–Crippen MR) is 64.5 cm³/mol. The average molecular weight is 309 g/mol. The second-order valence-corrected chi connectivity index (χ2v) is 4.59. The van der Waals surface area contributed by atoms with E-state index in [2.05, 4.69) is 4.98 Å². The van der Waals surface area contributed by atoms with E-state index >= 15 is 0 Å². The topological polar surface area (TPSA) is 111 Å². The van der Waals surface area contributed by atoms with Crippen molar-refractivity contribution in [3.8, 4) is 0 Å². The van der Waals surface area contributed by atoms with Gasteiger partial charge < -0.3 is 20.7 Å². The van der Waals surface area contributed by atoms with Crippen LogP contribution in [0.5, 0.6) is 0 Å². The monoisotopic (exact) mass is 309 g/mol. The Morgan fingerprint density at radius 2 is 2.14 bits per heavy atom. The molecule has 118 valence electrons. The van der Waals surface area contributed by atoms with Gasteiger partial charge in [-0.3, -0.25) is 4.57 Å². The van der Waals surface area contributed by atoms with Gasteiger partial charge in [-0.2, -0.15) is 4.98 Å². The first kappa shape index (κ1) is 15.7. The molecule has 0 aromatic carbocycles. The van der Waals surface area contributed by atoms with Gasteiger partial charge in [0.25, 0.3) is 0 Å². The summed E-state index contributed by atoms with van der Waals surface area (Å²) in [6.45, 7) is -1.41. The third kappa shape index (κ3) is 2.61. The van der Waals surface area contributed by atoms with Gasteiger partial charge in [0.15, 0.2) is 6.23 Å². The Balaban J connectivity index is 2.43. The fraction of sp³-hybridized carbons (Fsp3) is 0.636. The molecular formula is C11H14F3N3O4. The molecule has 7 nitrogen and oxygen atoms in total. The first-order valence-electron chi connectivity index (χ1n) is 6.09. The Bertz CT molecular complexity index is 580. The zero-order valence-corrected chi connectivity index (χ0v) is 10.7. The van der Waals surface area contributed by atoms with Crippen LogP contribution in [-0.2, 0) is 11.2 Å². The second-order valence-electron chi connectivity index (χ2n) is 4.59. The summed E-state index contributed by atoms with van der Waals surface area (Å²) in [5, 5.41) is 17.7. The van der Waals surface area contributed by atoms with Crippen LogP contribution in [0.2, 0.25) is 0 Å². The molecule has 0 bridgehead atoms. The Labute approximate surface area is 116 Å². The molecule has 2 heterocycles. The van der Waals surface area contributed by atoms with Gasteiger partial charge in [0, 0.05) is 24.8 Å². The highest BCUT2D eigenvalue weighted by atomic mass is 19.3. The van der Waals surface area contributed by atoms with Gasteiger partial charge in [-0.25, -0.2) is 18.0 Å². The highest BCUT2D eigenvalue weighted by molar-refractivity contribution is 5.37. The molecule has 2 rings (SSSR count). The van der Waals surface area contributed by atoms with E-state index in [1.807, 2.05) is 0 Å². The molecule has 3 atom stereocenters. The minimum atomic E-state index is -3.93. The van der Waals surface area contributed by atoms with E-state index in [0.717, 1.165) is 6.20 Å². The lowest BCUT2D eigenvalue weighted by molar-refractivity contribution is -0.111. The second kappa shape index (κ2) is 5.62. The molecule has 1 fully saturated rings. The molecule has 0 amide bonds. The molecule has 3 unspecified atom stereocenters. The van der Waals surface area contributed by atoms with Gasteiger partial charge in [0.1, 0.15) is 11.9 Å². The minimum Gasteiger partial charge on any atom is -0.396 e. The van der Waals surface area contributed by atoms with E-state index in [-0.39, 0.29) is 24.4 Å². The number of halogens is 3. The van der Waals surface area contributed by atoms with E-state index in [0.29, 0.717) is 4.57 Å². The number of aromatic nitrogens is 2. The van der Waals surface area contributed by atoms with Gasteiger partial charge in [0.2, 0.25) is 6.17 Å². The van der Waals surface area contributed by atoms with Crippen molar-refractivity contribution in [3.63, 3.8) is 0 Å². The Hall–Kier alpha value is -1.65. The van der Waals surface area contributed by atoms with E-state index in [1.165, 1.54) is 0 Å². The molecule has 1 aromatic heterocycles. The molecule has 1 saturated heterocycles. The summed E-state index contributed by atoms with van der Waals surface area (Å²) in [5.74, 6) is -4.11. The normalized spacial score (nSPS) is 28.0. The summed E-state index contributed by atoms with van der Waals surface area (Å²) in [5.41, 5.74) is 4.60. The van der Waals surface area contributed by atoms with Crippen LogP contribution in [0.15, 0.2) is 11.0 Å². The van der Waals surface area contributed by atoms with E-state index in [4.69, 9.17) is 20.7 Å². The lowest BCUT2D eigenvalue weighted by atomic mass is 10.1. The van der Waals surface area contributed by atoms with Crippen LogP contribution in [0, 0.1) is 0 Å². The highest BCUT2D eigenvalue weighted by Gasteiger charge is 2.60. The molecule has 1 aliphatic heterocycles. The van der Waals surface area contributed by atoms with E-state index in [1.54, 1.807) is 0 Å². The molecule has 0 saturated carbocycles. The number of aliphatic hydroxyl groups is 2. The fourth-order valence-corrected chi connectivity index (χ4v) is 2.08. The van der Waals surface area contributed by atoms with Crippen LogP contribution in [-0.4, -0.2) is 51.2 Å². The summed E-state index contributed by atoms with van der Waals surface area (Å²) < 4.78 is 46.2. The number of nitrogens with zero attached hydrogens (tertiary/aromatic N) is 2. The summed E-state index contributed by atoms with van der Waals surface area (Å²) >= 11 is 0. The number of alkyl halides is 3. The van der Waals surface area contributed by atoms with Crippen molar-refractivity contribution >= 4 is 5.82 Å². The number of anilines is 1. The van der Waals surface area contributed by atoms with Crippen LogP contribution in [0.3, 0.4) is 0 Å². The number of nitrogen functional groups attached to an aromatic ring is 1. The molecule has 0 aliphatic carbocycles. The first-order chi connectivity index (χ1) is 9.82. The molecule has 10 heteroatoms. The lowest BCUT2D eigenvalue weighted by Crippen LogP contribution is -2.39. The van der Waals surface area contributed by atoms with E-state index in [9.17, 15) is 18.0 Å². The predicted octanol–water partition coefficient (Wildman–Crippen LogP) is -0.777. The lowest BCUT2D eigenvalue weighted by Gasteiger charge is -2.17. The number of rotatable bonds is 4. The molecule has 4 N–H and O–H groups in total. The molecule has 21 heavy (non-hydrogen) atoms. The number of ether oxygens (including phenoxy) is 1. The van der Waals surface area contributed by atoms with Crippen molar-refractivity contribution in [3.05, 3.63) is 22.2 Å². The summed E-state index contributed by atoms with van der Waals surface area (Å²) in [4.78, 5) is 15.1. The third-order valence-electron chi connectivity index (χ3n) is 3.23. The third-order valence-corrected chi connectivity index (χ3v) is 3.23. The van der Waals surface area contributed by atoms with Crippen molar-refractivity contribution in [1.29, 1.82) is 0 Å². The number of aliphatic hydroxyl groups excluding tert-OH is 2. The first-order valence-corrected chi connectivity index (χ1v) is 6.09. The zero-order valence-electron chi connectivity index (χ0n) is 10.7. The van der Waals surface area contributed by atoms with E-state index < -0.39 is 36.7 Å². The van der Waals surface area contributed by atoms with Crippen molar-refractivity contribution in [2.45, 2.75) is 30.8 Å². The minimum absolute atomic E-state index is 0.0165. The molecule has 1 aliphatic rings. The quantitative estimate of drug-likeness (QED) is 0.673. The SMILES string of the molecule is Nc1nc(=O)n(C2OC(CO)C(F)(F)C2F)cc1CCO. The standard InChI is InChI=1S/C11H14F3N3O4/c12-7-9(21-6(4-19)11(7,13)14)17-3-5(1-2-18)8(15)16-10(17)20/h3,6-7,9,18-19H,1-2,4H2,(H2,15,16,20). The molecule has 0 spiro atoms. The largest absolute Gasteiger partial charge is 0.396 e. The van der Waals surface area contributed by atoms with Crippen molar-refractivity contribution in [2.75, 3.05) is 18.9 Å². The maximum absolute atomic E-state index is 13.8. The van der Waals surface area contributed by atoms with Crippen LogP contribution < -0.4 is 11.4 Å². The number of nitrogens with two attached hydrogens (primary N) is 1. The van der Waals surface area contributed by atoms with Crippen molar-refractivity contribution < 1.29 is 28.1 Å². The molecule has 0 radical (unpaired) electrons. The summed E-state index contributed by atoms with van der Waals surface area (Å²) in [6, 6.07) is 0. The molecular weight excluding hydrogens is 295 g/mol. The van der Waals surface area contributed by atoms with Crippen LogP contribution in [0.1, 0.15) is 11.8 Å². The van der Waals surface area contributed by atoms with Crippen molar-refractivity contribution in [1.82, 2.24) is 9.55 Å². The van der Waals surface area contributed by atoms with Crippen LogP contribution in [0.25, 0.3) is 0 Å². The fourth-order valence-electron chi connectivity index (χ4n) is 2.08. The van der Waals surface area contributed by atoms with Gasteiger partial charge in [-0.1, -0.05) is 0 Å². The highest BCUT2D eigenvalue weighted by Crippen LogP contribution is 2.42. The van der Waals surface area contributed by atoms with Gasteiger partial charge in [0.05, 0.1) is 6.61 Å². The van der Waals surface area contributed by atoms with Gasteiger partial charge in [-0.05, 0) is 0 Å². The summed E-state index contributed by atoms with van der Waals surface area (Å²) in [6.07, 6.45) is -5.76. The molecule has 1 aromatic rings. The maximum atomic E-state index is 13.8. The Morgan fingerprint density at radius 1 is 1.48 bits per heavy atom. The zero-order chi connectivity index (χ0) is 15.8. The van der Waals surface area contributed by atoms with Gasteiger partial charge >= 0.3 is 11.6 Å². The maximum Gasteiger partial charge on any atom is 0.351 e. The number of hydrogen-bond donors (Lipinski definition) is 3. The van der Waals surface area contributed by atoms with Crippen molar-refractivity contribution in [2.24, 2.45) is 0 Å². The van der Waals surface area contributed by atoms with Crippen LogP contribution in [0.4, 0.5) is 19.0 Å². The Morgan fingerprint density at radius 3 is 2.67 bits per heavy atom. The summed E-state index contributed by atoms with van der Waals surface area (Å²) in [7, 11) is 0. The number of hydrogen-bond acceptors (Lipinski definition) is 6. The smallest absolute Gasteiger partial charge is 0.351 e. The Kier molecular flexibility index (Phi) is 4.21. The van der Waals surface area contributed by atoms with Gasteiger partial charge in [-0.15, -0.1) is 0 Å². The average Bonchev–Trinajstić information content (AvgIpc) is 2.64.